The summed E-state index contributed by atoms with van der Waals surface area (Å²) in [6.07, 6.45) is 0.148. The Morgan fingerprint density at radius 2 is 1.83 bits per heavy atom. The molecule has 35 heavy (non-hydrogen) atoms. The van der Waals surface area contributed by atoms with E-state index < -0.39 is 35.5 Å². The van der Waals surface area contributed by atoms with Crippen molar-refractivity contribution in [2.45, 2.75) is 35.4 Å². The monoisotopic (exact) mass is 561 g/mol. The van der Waals surface area contributed by atoms with Gasteiger partial charge in [-0.25, -0.2) is 0 Å². The largest absolute Gasteiger partial charge is 0.396 e. The number of para-hydroxylation sites is 2. The van der Waals surface area contributed by atoms with Gasteiger partial charge < -0.3 is 25.4 Å². The summed E-state index contributed by atoms with van der Waals surface area (Å²) in [6.45, 7) is 0.0327. The maximum Gasteiger partial charge on any atom is 0.250 e. The summed E-state index contributed by atoms with van der Waals surface area (Å²) in [5.41, 5.74) is -0.124. The number of benzene rings is 2. The van der Waals surface area contributed by atoms with Crippen LogP contribution < -0.4 is 10.6 Å². The fraction of sp³-hybridized carbons (Fsp3) is 0.400. The molecule has 0 radical (unpaired) electrons. The summed E-state index contributed by atoms with van der Waals surface area (Å²) in [7, 11) is 0. The maximum absolute atomic E-state index is 13.7. The number of carbonyl (C=O) groups excluding carboxylic acids is 3. The highest BCUT2D eigenvalue weighted by Crippen LogP contribution is 2.60. The Hall–Kier alpha value is -2.46. The van der Waals surface area contributed by atoms with Crippen molar-refractivity contribution in [1.29, 1.82) is 0 Å². The molecule has 3 fully saturated rings. The molecule has 2 aromatic carbocycles. The van der Waals surface area contributed by atoms with Crippen LogP contribution in [0.4, 0.5) is 11.4 Å². The first-order valence-corrected chi connectivity index (χ1v) is 12.8. The van der Waals surface area contributed by atoms with Crippen molar-refractivity contribution >= 4 is 56.6 Å². The fourth-order valence-electron chi connectivity index (χ4n) is 5.72. The number of anilines is 2. The van der Waals surface area contributed by atoms with E-state index in [0.717, 1.165) is 0 Å². The molecule has 5 rings (SSSR count). The second kappa shape index (κ2) is 9.54. The third-order valence-corrected chi connectivity index (χ3v) is 8.24. The highest BCUT2D eigenvalue weighted by Gasteiger charge is 2.76. The molecule has 3 unspecified atom stereocenters. The first-order chi connectivity index (χ1) is 16.9. The molecule has 3 saturated heterocycles. The lowest BCUT2D eigenvalue weighted by Crippen LogP contribution is -2.54. The highest BCUT2D eigenvalue weighted by molar-refractivity contribution is 9.09. The molecule has 2 bridgehead atoms. The number of aliphatic hydroxyl groups excluding tert-OH is 1. The smallest absolute Gasteiger partial charge is 0.250 e. The molecular weight excluding hydrogens is 538 g/mol. The Morgan fingerprint density at radius 1 is 1.11 bits per heavy atom. The number of amides is 3. The molecule has 6 atom stereocenters. The number of likely N-dealkylation sites (tertiary alicyclic amines) is 1. The number of carbonyl (C=O) groups is 3. The lowest BCUT2D eigenvalue weighted by molar-refractivity contribution is -0.139. The number of hydrogen-bond donors (Lipinski definition) is 3. The molecule has 3 amide bonds. The predicted molar refractivity (Wildman–Crippen MR) is 134 cm³/mol. The standard InChI is InChI=1S/C25H25BrClN3O5/c26-15-13-25-19(18(20(15)35-25)22(32)28-14-7-2-1-3-8-14)24(34)30(11-6-12-31)21(25)23(33)29-17-10-5-4-9-16(17)27/h1-5,7-10,15,18-21,31H,6,11-13H2,(H,28,32)(H,29,33)/t15?,18-,19+,20-,21?,25?/m1/s1. The number of aliphatic hydroxyl groups is 1. The highest BCUT2D eigenvalue weighted by atomic mass is 79.9. The first kappa shape index (κ1) is 24.2. The topological polar surface area (TPSA) is 108 Å². The zero-order valence-corrected chi connectivity index (χ0v) is 21.0. The van der Waals surface area contributed by atoms with Gasteiger partial charge in [0.1, 0.15) is 11.6 Å². The number of halogens is 2. The lowest BCUT2D eigenvalue weighted by atomic mass is 9.70. The van der Waals surface area contributed by atoms with E-state index >= 15 is 0 Å². The zero-order valence-electron chi connectivity index (χ0n) is 18.7. The van der Waals surface area contributed by atoms with Crippen LogP contribution >= 0.6 is 27.5 Å². The SMILES string of the molecule is O=C(Nc1ccccc1Cl)C1N(CCCO)C(=O)[C@@H]2[C@@H](C(=O)Nc3ccccc3)[C@@H]3OC12CC3Br. The zero-order chi connectivity index (χ0) is 24.7. The Morgan fingerprint density at radius 3 is 2.54 bits per heavy atom. The fourth-order valence-corrected chi connectivity index (χ4v) is 6.85. The number of rotatable bonds is 7. The summed E-state index contributed by atoms with van der Waals surface area (Å²) in [6, 6.07) is 14.9. The van der Waals surface area contributed by atoms with Gasteiger partial charge in [-0.15, -0.1) is 0 Å². The second-order valence-electron chi connectivity index (χ2n) is 9.10. The van der Waals surface area contributed by atoms with Crippen LogP contribution in [0.1, 0.15) is 12.8 Å². The third kappa shape index (κ3) is 4.04. The van der Waals surface area contributed by atoms with Gasteiger partial charge in [-0.05, 0) is 37.1 Å². The van der Waals surface area contributed by atoms with Crippen LogP contribution in [0.3, 0.4) is 0 Å². The van der Waals surface area contributed by atoms with E-state index in [0.29, 0.717) is 29.2 Å². The van der Waals surface area contributed by atoms with Crippen LogP contribution in [0.25, 0.3) is 0 Å². The Labute approximate surface area is 216 Å². The number of fused-ring (bicyclic) bond motifs is 1. The predicted octanol–water partition coefficient (Wildman–Crippen LogP) is 3.05. The van der Waals surface area contributed by atoms with Gasteiger partial charge in [-0.2, -0.15) is 0 Å². The lowest BCUT2D eigenvalue weighted by Gasteiger charge is -2.34. The third-order valence-electron chi connectivity index (χ3n) is 7.07. The van der Waals surface area contributed by atoms with Crippen molar-refractivity contribution in [3.63, 3.8) is 0 Å². The van der Waals surface area contributed by atoms with Gasteiger partial charge in [-0.3, -0.25) is 14.4 Å². The number of ether oxygens (including phenoxy) is 1. The number of nitrogens with zero attached hydrogens (tertiary/aromatic N) is 1. The second-order valence-corrected chi connectivity index (χ2v) is 10.7. The molecule has 3 aliphatic heterocycles. The van der Waals surface area contributed by atoms with Gasteiger partial charge in [-0.1, -0.05) is 57.9 Å². The average Bonchev–Trinajstić information content (AvgIpc) is 3.43. The van der Waals surface area contributed by atoms with Gasteiger partial charge in [0.05, 0.1) is 28.6 Å². The number of hydrogen-bond acceptors (Lipinski definition) is 5. The normalized spacial score (nSPS) is 30.9. The van der Waals surface area contributed by atoms with E-state index in [1.165, 1.54) is 4.90 Å². The van der Waals surface area contributed by atoms with E-state index in [9.17, 15) is 19.5 Å². The van der Waals surface area contributed by atoms with Crippen molar-refractivity contribution in [2.24, 2.45) is 11.8 Å². The van der Waals surface area contributed by atoms with Gasteiger partial charge in [0.2, 0.25) is 17.7 Å². The first-order valence-electron chi connectivity index (χ1n) is 11.5. The van der Waals surface area contributed by atoms with E-state index in [2.05, 4.69) is 26.6 Å². The minimum atomic E-state index is -1.17. The minimum Gasteiger partial charge on any atom is -0.396 e. The molecule has 3 N–H and O–H groups in total. The molecule has 10 heteroatoms. The van der Waals surface area contributed by atoms with Crippen molar-refractivity contribution in [2.75, 3.05) is 23.8 Å². The Balaban J connectivity index is 1.49. The van der Waals surface area contributed by atoms with Crippen molar-refractivity contribution in [3.8, 4) is 0 Å². The van der Waals surface area contributed by atoms with Crippen molar-refractivity contribution in [3.05, 3.63) is 59.6 Å². The summed E-state index contributed by atoms with van der Waals surface area (Å²) in [5, 5.41) is 15.5. The molecule has 0 saturated carbocycles. The molecule has 2 aromatic rings. The van der Waals surface area contributed by atoms with Crippen LogP contribution in [0.5, 0.6) is 0 Å². The van der Waals surface area contributed by atoms with Crippen LogP contribution in [-0.4, -0.2) is 63.5 Å². The molecule has 0 aliphatic carbocycles. The van der Waals surface area contributed by atoms with Crippen LogP contribution in [0, 0.1) is 11.8 Å². The minimum absolute atomic E-state index is 0.136. The molecule has 184 valence electrons. The Kier molecular flexibility index (Phi) is 6.61. The molecule has 3 heterocycles. The Bertz CT molecular complexity index is 1150. The van der Waals surface area contributed by atoms with Crippen molar-refractivity contribution in [1.82, 2.24) is 4.90 Å². The van der Waals surface area contributed by atoms with Crippen molar-refractivity contribution < 1.29 is 24.2 Å². The summed E-state index contributed by atoms with van der Waals surface area (Å²) in [5.74, 6) is -2.65. The molecular formula is C25H25BrClN3O5. The summed E-state index contributed by atoms with van der Waals surface area (Å²) in [4.78, 5) is 42.1. The quantitative estimate of drug-likeness (QED) is 0.450. The molecule has 0 aromatic heterocycles. The maximum atomic E-state index is 13.7. The van der Waals surface area contributed by atoms with Crippen LogP contribution in [-0.2, 0) is 19.1 Å². The van der Waals surface area contributed by atoms with Gasteiger partial charge >= 0.3 is 0 Å². The molecule has 3 aliphatic rings. The summed E-state index contributed by atoms with van der Waals surface area (Å²) < 4.78 is 6.42. The molecule has 8 nitrogen and oxygen atoms in total. The molecule has 1 spiro atoms. The van der Waals surface area contributed by atoms with Crippen LogP contribution in [0.2, 0.25) is 5.02 Å². The van der Waals surface area contributed by atoms with Gasteiger partial charge in [0.25, 0.3) is 0 Å². The van der Waals surface area contributed by atoms with Gasteiger partial charge in [0, 0.05) is 23.7 Å². The number of alkyl halides is 1. The average molecular weight is 563 g/mol. The van der Waals surface area contributed by atoms with E-state index in [4.69, 9.17) is 16.3 Å². The summed E-state index contributed by atoms with van der Waals surface area (Å²) >= 11 is 9.90. The number of nitrogens with one attached hydrogen (secondary N) is 2. The van der Waals surface area contributed by atoms with Gasteiger partial charge in [0.15, 0.2) is 0 Å². The van der Waals surface area contributed by atoms with E-state index in [1.54, 1.807) is 36.4 Å². The van der Waals surface area contributed by atoms with Crippen LogP contribution in [0.15, 0.2) is 54.6 Å². The van der Waals surface area contributed by atoms with E-state index in [1.807, 2.05) is 18.2 Å². The van der Waals surface area contributed by atoms with E-state index in [-0.39, 0.29) is 29.8 Å².